The van der Waals surface area contributed by atoms with E-state index < -0.39 is 18.0 Å². The van der Waals surface area contributed by atoms with E-state index in [0.29, 0.717) is 0 Å². The van der Waals surface area contributed by atoms with E-state index in [0.717, 1.165) is 19.3 Å². The Hall–Kier alpha value is -1.30. The highest BCUT2D eigenvalue weighted by atomic mass is 16.4. The molecular formula is C13H26N2O4. The molecule has 2 unspecified atom stereocenters. The fourth-order valence-electron chi connectivity index (χ4n) is 1.76. The van der Waals surface area contributed by atoms with Crippen molar-refractivity contribution in [3.8, 4) is 0 Å². The first-order chi connectivity index (χ1) is 9.01. The molecule has 0 heterocycles. The van der Waals surface area contributed by atoms with E-state index in [2.05, 4.69) is 17.6 Å². The van der Waals surface area contributed by atoms with Gasteiger partial charge < -0.3 is 20.8 Å². The summed E-state index contributed by atoms with van der Waals surface area (Å²) in [5, 5.41) is 22.6. The van der Waals surface area contributed by atoms with Crippen LogP contribution in [0.5, 0.6) is 0 Å². The molecule has 0 rings (SSSR count). The van der Waals surface area contributed by atoms with Gasteiger partial charge in [0.1, 0.15) is 6.04 Å². The molecule has 6 nitrogen and oxygen atoms in total. The van der Waals surface area contributed by atoms with Gasteiger partial charge in [-0.15, -0.1) is 0 Å². The quantitative estimate of drug-likeness (QED) is 0.453. The summed E-state index contributed by atoms with van der Waals surface area (Å²) >= 11 is 0. The van der Waals surface area contributed by atoms with Crippen LogP contribution in [0.25, 0.3) is 0 Å². The number of hydrogen-bond acceptors (Lipinski definition) is 3. The molecule has 0 fully saturated rings. The van der Waals surface area contributed by atoms with Crippen molar-refractivity contribution >= 4 is 12.0 Å². The maximum absolute atomic E-state index is 11.6. The number of urea groups is 1. The molecular weight excluding hydrogens is 248 g/mol. The molecule has 2 atom stereocenters. The number of rotatable bonds is 10. The first-order valence-electron chi connectivity index (χ1n) is 6.92. The van der Waals surface area contributed by atoms with E-state index in [1.807, 2.05) is 6.92 Å². The monoisotopic (exact) mass is 274 g/mol. The number of carbonyl (C=O) groups is 2. The van der Waals surface area contributed by atoms with Crippen molar-refractivity contribution in [2.24, 2.45) is 0 Å². The van der Waals surface area contributed by atoms with Crippen LogP contribution >= 0.6 is 0 Å². The van der Waals surface area contributed by atoms with Gasteiger partial charge in [0.2, 0.25) is 0 Å². The highest BCUT2D eigenvalue weighted by Crippen LogP contribution is 2.05. The van der Waals surface area contributed by atoms with Gasteiger partial charge in [-0.25, -0.2) is 9.59 Å². The van der Waals surface area contributed by atoms with Gasteiger partial charge in [0.05, 0.1) is 0 Å². The molecule has 2 amide bonds. The van der Waals surface area contributed by atoms with Gasteiger partial charge in [-0.3, -0.25) is 0 Å². The lowest BCUT2D eigenvalue weighted by Gasteiger charge is -2.17. The van der Waals surface area contributed by atoms with Gasteiger partial charge in [0.25, 0.3) is 0 Å². The van der Waals surface area contributed by atoms with Crippen LogP contribution in [-0.2, 0) is 4.79 Å². The first-order valence-corrected chi connectivity index (χ1v) is 6.92. The van der Waals surface area contributed by atoms with Gasteiger partial charge in [-0.1, -0.05) is 32.6 Å². The van der Waals surface area contributed by atoms with Crippen LogP contribution in [0.1, 0.15) is 52.4 Å². The minimum absolute atomic E-state index is 0.00757. The highest BCUT2D eigenvalue weighted by Gasteiger charge is 2.19. The molecule has 0 saturated heterocycles. The van der Waals surface area contributed by atoms with E-state index in [9.17, 15) is 9.59 Å². The lowest BCUT2D eigenvalue weighted by molar-refractivity contribution is -0.139. The van der Waals surface area contributed by atoms with Gasteiger partial charge in [0, 0.05) is 19.1 Å². The van der Waals surface area contributed by atoms with Crippen molar-refractivity contribution < 1.29 is 19.8 Å². The number of unbranched alkanes of at least 4 members (excludes halogenated alkanes) is 3. The third-order valence-corrected chi connectivity index (χ3v) is 2.89. The SMILES string of the molecule is CCCCCCC(C)NC(=O)NC(CCO)C(=O)O. The molecule has 0 aliphatic heterocycles. The molecule has 0 saturated carbocycles. The summed E-state index contributed by atoms with van der Waals surface area (Å²) in [5.41, 5.74) is 0. The van der Waals surface area contributed by atoms with Crippen LogP contribution in [0.4, 0.5) is 4.79 Å². The molecule has 0 aromatic rings. The maximum Gasteiger partial charge on any atom is 0.326 e. The number of carboxylic acid groups (broad SMARTS) is 1. The normalized spacial score (nSPS) is 13.6. The Morgan fingerprint density at radius 1 is 1.11 bits per heavy atom. The molecule has 6 heteroatoms. The summed E-state index contributed by atoms with van der Waals surface area (Å²) < 4.78 is 0. The summed E-state index contributed by atoms with van der Waals surface area (Å²) in [5.74, 6) is -1.14. The van der Waals surface area contributed by atoms with E-state index in [4.69, 9.17) is 10.2 Å². The van der Waals surface area contributed by atoms with Crippen LogP contribution in [0, 0.1) is 0 Å². The lowest BCUT2D eigenvalue weighted by atomic mass is 10.1. The van der Waals surface area contributed by atoms with Crippen molar-refractivity contribution in [3.05, 3.63) is 0 Å². The number of aliphatic hydroxyl groups excluding tert-OH is 1. The van der Waals surface area contributed by atoms with Crippen LogP contribution < -0.4 is 10.6 Å². The smallest absolute Gasteiger partial charge is 0.326 e. The topological polar surface area (TPSA) is 98.7 Å². The number of aliphatic hydroxyl groups is 1. The molecule has 112 valence electrons. The summed E-state index contributed by atoms with van der Waals surface area (Å²) in [6.07, 6.45) is 5.44. The third-order valence-electron chi connectivity index (χ3n) is 2.89. The van der Waals surface area contributed by atoms with Crippen molar-refractivity contribution in [2.75, 3.05) is 6.61 Å². The molecule has 4 N–H and O–H groups in total. The van der Waals surface area contributed by atoms with Crippen molar-refractivity contribution in [3.63, 3.8) is 0 Å². The maximum atomic E-state index is 11.6. The molecule has 0 aliphatic carbocycles. The van der Waals surface area contributed by atoms with Crippen LogP contribution in [0.3, 0.4) is 0 Å². The Bertz CT molecular complexity index is 271. The Morgan fingerprint density at radius 3 is 2.32 bits per heavy atom. The summed E-state index contributed by atoms with van der Waals surface area (Å²) in [6, 6.07) is -1.53. The zero-order chi connectivity index (χ0) is 14.7. The van der Waals surface area contributed by atoms with E-state index in [-0.39, 0.29) is 19.1 Å². The van der Waals surface area contributed by atoms with Gasteiger partial charge >= 0.3 is 12.0 Å². The number of hydrogen-bond donors (Lipinski definition) is 4. The van der Waals surface area contributed by atoms with Crippen LogP contribution in [0.15, 0.2) is 0 Å². The second kappa shape index (κ2) is 10.6. The highest BCUT2D eigenvalue weighted by molar-refractivity contribution is 5.82. The third kappa shape index (κ3) is 9.30. The summed E-state index contributed by atoms with van der Waals surface area (Å²) in [6.45, 7) is 3.76. The van der Waals surface area contributed by atoms with E-state index in [1.54, 1.807) is 0 Å². The molecule has 0 bridgehead atoms. The predicted octanol–water partition coefficient (Wildman–Crippen LogP) is 1.48. The molecule has 0 radical (unpaired) electrons. The minimum Gasteiger partial charge on any atom is -0.480 e. The Kier molecular flexibility index (Phi) is 9.88. The van der Waals surface area contributed by atoms with E-state index in [1.165, 1.54) is 12.8 Å². The summed E-state index contributed by atoms with van der Waals surface area (Å²) in [7, 11) is 0. The second-order valence-corrected chi connectivity index (χ2v) is 4.77. The molecule has 0 aromatic heterocycles. The Morgan fingerprint density at radius 2 is 1.79 bits per heavy atom. The fraction of sp³-hybridized carbons (Fsp3) is 0.846. The van der Waals surface area contributed by atoms with Crippen molar-refractivity contribution in [1.82, 2.24) is 10.6 Å². The molecule has 19 heavy (non-hydrogen) atoms. The molecule has 0 aromatic carbocycles. The van der Waals surface area contributed by atoms with Gasteiger partial charge in [-0.05, 0) is 13.3 Å². The Balaban J connectivity index is 3.90. The largest absolute Gasteiger partial charge is 0.480 e. The first kappa shape index (κ1) is 17.7. The zero-order valence-electron chi connectivity index (χ0n) is 11.8. The molecule has 0 spiro atoms. The Labute approximate surface area is 114 Å². The van der Waals surface area contributed by atoms with E-state index >= 15 is 0 Å². The second-order valence-electron chi connectivity index (χ2n) is 4.77. The lowest BCUT2D eigenvalue weighted by Crippen LogP contribution is -2.48. The van der Waals surface area contributed by atoms with Gasteiger partial charge in [-0.2, -0.15) is 0 Å². The van der Waals surface area contributed by atoms with Crippen molar-refractivity contribution in [1.29, 1.82) is 0 Å². The number of carboxylic acids is 1. The number of amides is 2. The zero-order valence-corrected chi connectivity index (χ0v) is 11.8. The fourth-order valence-corrected chi connectivity index (χ4v) is 1.76. The summed E-state index contributed by atoms with van der Waals surface area (Å²) in [4.78, 5) is 22.4. The average Bonchev–Trinajstić information content (AvgIpc) is 2.34. The van der Waals surface area contributed by atoms with Crippen LogP contribution in [-0.4, -0.2) is 40.9 Å². The van der Waals surface area contributed by atoms with Crippen molar-refractivity contribution in [2.45, 2.75) is 64.5 Å². The standard InChI is InChI=1S/C13H26N2O4/c1-3-4-5-6-7-10(2)14-13(19)15-11(8-9-16)12(17)18/h10-11,16H,3-9H2,1-2H3,(H,17,18)(H2,14,15,19). The number of aliphatic carboxylic acids is 1. The number of carbonyl (C=O) groups excluding carboxylic acids is 1. The van der Waals surface area contributed by atoms with Gasteiger partial charge in [0.15, 0.2) is 0 Å². The molecule has 0 aliphatic rings. The number of nitrogens with one attached hydrogen (secondary N) is 2. The van der Waals surface area contributed by atoms with Crippen LogP contribution in [0.2, 0.25) is 0 Å². The average molecular weight is 274 g/mol. The minimum atomic E-state index is -1.14. The predicted molar refractivity (Wildman–Crippen MR) is 73.0 cm³/mol.